The van der Waals surface area contributed by atoms with E-state index < -0.39 is 0 Å². The van der Waals surface area contributed by atoms with Crippen LogP contribution in [0.5, 0.6) is 0 Å². The molecular weight excluding hydrogens is 392 g/mol. The fourth-order valence-electron chi connectivity index (χ4n) is 3.88. The van der Waals surface area contributed by atoms with E-state index >= 15 is 0 Å². The van der Waals surface area contributed by atoms with Gasteiger partial charge in [-0.2, -0.15) is 10.2 Å². The van der Waals surface area contributed by atoms with Crippen LogP contribution in [0, 0.1) is 6.92 Å². The minimum absolute atomic E-state index is 0.0979. The zero-order valence-electron chi connectivity index (χ0n) is 16.7. The maximum absolute atomic E-state index is 12.7. The van der Waals surface area contributed by atoms with Crippen molar-refractivity contribution in [3.8, 4) is 0 Å². The number of hydrogen-bond acceptors (Lipinski definition) is 5. The number of anilines is 1. The van der Waals surface area contributed by atoms with Gasteiger partial charge < -0.3 is 9.80 Å². The summed E-state index contributed by atoms with van der Waals surface area (Å²) in [6.45, 7) is 4.95. The third-order valence-electron chi connectivity index (χ3n) is 5.68. The van der Waals surface area contributed by atoms with E-state index in [9.17, 15) is 9.59 Å². The topological polar surface area (TPSA) is 76.3 Å². The number of carbonyl (C=O) groups is 1. The number of amides is 1. The molecule has 0 spiro atoms. The Morgan fingerprint density at radius 1 is 1.28 bits per heavy atom. The second-order valence-corrected chi connectivity index (χ2v) is 8.02. The molecule has 29 heavy (non-hydrogen) atoms. The molecule has 154 valence electrons. The molecule has 2 aliphatic heterocycles. The summed E-state index contributed by atoms with van der Waals surface area (Å²) in [7, 11) is 1.77. The SMILES string of the molecule is Cc1nn(C)c(Cl)c1/C=C/C(=O)N1CCCC(n2ncc(N3CCC3)cc2=O)C1. The average molecular weight is 417 g/mol. The van der Waals surface area contributed by atoms with E-state index in [1.807, 2.05) is 6.92 Å². The van der Waals surface area contributed by atoms with Gasteiger partial charge in [0.1, 0.15) is 5.15 Å². The van der Waals surface area contributed by atoms with Gasteiger partial charge in [0.25, 0.3) is 5.56 Å². The van der Waals surface area contributed by atoms with Crippen molar-refractivity contribution >= 4 is 29.3 Å². The van der Waals surface area contributed by atoms with E-state index in [1.165, 1.54) is 10.8 Å². The Kier molecular flexibility index (Phi) is 5.45. The van der Waals surface area contributed by atoms with Gasteiger partial charge in [-0.25, -0.2) is 4.68 Å². The predicted molar refractivity (Wildman–Crippen MR) is 112 cm³/mol. The molecule has 0 aromatic carbocycles. The first-order valence-corrected chi connectivity index (χ1v) is 10.3. The minimum Gasteiger partial charge on any atom is -0.370 e. The Bertz CT molecular complexity index is 1010. The lowest BCUT2D eigenvalue weighted by molar-refractivity contribution is -0.127. The number of likely N-dealkylation sites (tertiary alicyclic amines) is 1. The Balaban J connectivity index is 1.46. The molecule has 1 atom stereocenters. The van der Waals surface area contributed by atoms with Crippen molar-refractivity contribution in [2.75, 3.05) is 31.1 Å². The molecule has 0 N–H and O–H groups in total. The second kappa shape index (κ2) is 8.02. The standard InChI is InChI=1S/C20H25ClN6O2/c1-14-17(20(21)24(2)23-14)6-7-18(28)26-8-3-5-15(13-26)27-19(29)11-16(12-22-27)25-9-4-10-25/h6-7,11-12,15H,3-5,8-10,13H2,1-2H3/b7-6+. The van der Waals surface area contributed by atoms with Crippen molar-refractivity contribution in [3.63, 3.8) is 0 Å². The Morgan fingerprint density at radius 2 is 2.07 bits per heavy atom. The molecule has 0 saturated carbocycles. The van der Waals surface area contributed by atoms with Gasteiger partial charge in [0.15, 0.2) is 0 Å². The molecule has 4 rings (SSSR count). The first-order chi connectivity index (χ1) is 13.9. The van der Waals surface area contributed by atoms with Crippen molar-refractivity contribution in [2.45, 2.75) is 32.2 Å². The number of halogens is 1. The van der Waals surface area contributed by atoms with Crippen LogP contribution in [-0.2, 0) is 11.8 Å². The van der Waals surface area contributed by atoms with Crippen LogP contribution in [0.2, 0.25) is 5.15 Å². The van der Waals surface area contributed by atoms with Gasteiger partial charge in [0, 0.05) is 50.9 Å². The van der Waals surface area contributed by atoms with Gasteiger partial charge in [-0.05, 0) is 32.3 Å². The van der Waals surface area contributed by atoms with Crippen LogP contribution < -0.4 is 10.5 Å². The van der Waals surface area contributed by atoms with Gasteiger partial charge >= 0.3 is 0 Å². The minimum atomic E-state index is -0.109. The van der Waals surface area contributed by atoms with Gasteiger partial charge in [-0.15, -0.1) is 0 Å². The summed E-state index contributed by atoms with van der Waals surface area (Å²) in [5, 5.41) is 9.15. The zero-order valence-corrected chi connectivity index (χ0v) is 17.5. The van der Waals surface area contributed by atoms with Crippen molar-refractivity contribution in [2.24, 2.45) is 7.05 Å². The molecule has 8 nitrogen and oxygen atoms in total. The van der Waals surface area contributed by atoms with Gasteiger partial charge in [-0.1, -0.05) is 11.6 Å². The fraction of sp³-hybridized carbons (Fsp3) is 0.500. The zero-order chi connectivity index (χ0) is 20.5. The van der Waals surface area contributed by atoms with Gasteiger partial charge in [0.2, 0.25) is 5.91 Å². The molecule has 0 radical (unpaired) electrons. The highest BCUT2D eigenvalue weighted by Crippen LogP contribution is 2.23. The van der Waals surface area contributed by atoms with Crippen LogP contribution in [0.25, 0.3) is 6.08 Å². The summed E-state index contributed by atoms with van der Waals surface area (Å²) in [4.78, 5) is 29.2. The molecular formula is C20H25ClN6O2. The van der Waals surface area contributed by atoms with Crippen LogP contribution in [0.1, 0.15) is 36.6 Å². The van der Waals surface area contributed by atoms with Crippen LogP contribution in [0.15, 0.2) is 23.1 Å². The molecule has 2 fully saturated rings. The molecule has 2 aliphatic rings. The van der Waals surface area contributed by atoms with E-state index in [0.717, 1.165) is 49.3 Å². The number of piperidine rings is 1. The summed E-state index contributed by atoms with van der Waals surface area (Å²) in [6, 6.07) is 1.54. The average Bonchev–Trinajstić information content (AvgIpc) is 2.90. The third-order valence-corrected chi connectivity index (χ3v) is 6.12. The van der Waals surface area contributed by atoms with E-state index in [0.29, 0.717) is 18.2 Å². The summed E-state index contributed by atoms with van der Waals surface area (Å²) in [5.74, 6) is -0.0979. The molecule has 2 saturated heterocycles. The number of aromatic nitrogens is 4. The monoisotopic (exact) mass is 416 g/mol. The molecule has 9 heteroatoms. The van der Waals surface area contributed by atoms with Crippen LogP contribution in [-0.4, -0.2) is 56.5 Å². The highest BCUT2D eigenvalue weighted by Gasteiger charge is 2.26. The van der Waals surface area contributed by atoms with Crippen LogP contribution in [0.3, 0.4) is 0 Å². The summed E-state index contributed by atoms with van der Waals surface area (Å²) in [5.41, 5.74) is 2.29. The Labute approximate surface area is 174 Å². The first-order valence-electron chi connectivity index (χ1n) is 9.94. The Hall–Kier alpha value is -2.61. The highest BCUT2D eigenvalue weighted by molar-refractivity contribution is 6.31. The third kappa shape index (κ3) is 3.94. The second-order valence-electron chi connectivity index (χ2n) is 7.66. The van der Waals surface area contributed by atoms with Crippen LogP contribution >= 0.6 is 11.6 Å². The number of nitrogens with zero attached hydrogens (tertiary/aromatic N) is 6. The molecule has 0 aliphatic carbocycles. The van der Waals surface area contributed by atoms with E-state index in [1.54, 1.807) is 35.0 Å². The highest BCUT2D eigenvalue weighted by atomic mass is 35.5. The van der Waals surface area contributed by atoms with Gasteiger partial charge in [-0.3, -0.25) is 14.3 Å². The molecule has 0 bridgehead atoms. The molecule has 2 aromatic heterocycles. The van der Waals surface area contributed by atoms with Crippen LogP contribution in [0.4, 0.5) is 5.69 Å². The normalized spacial score (nSPS) is 19.6. The lowest BCUT2D eigenvalue weighted by atomic mass is 10.1. The molecule has 4 heterocycles. The lowest BCUT2D eigenvalue weighted by Crippen LogP contribution is -2.43. The smallest absolute Gasteiger partial charge is 0.269 e. The summed E-state index contributed by atoms with van der Waals surface area (Å²) in [6.07, 6.45) is 7.81. The van der Waals surface area contributed by atoms with E-state index in [2.05, 4.69) is 15.1 Å². The molecule has 1 amide bonds. The maximum Gasteiger partial charge on any atom is 0.269 e. The number of aryl methyl sites for hydroxylation is 2. The molecule has 2 aromatic rings. The van der Waals surface area contributed by atoms with Crippen molar-refractivity contribution in [1.29, 1.82) is 0 Å². The molecule has 1 unspecified atom stereocenters. The van der Waals surface area contributed by atoms with E-state index in [4.69, 9.17) is 11.6 Å². The number of carbonyl (C=O) groups excluding carboxylic acids is 1. The lowest BCUT2D eigenvalue weighted by Gasteiger charge is -2.34. The first kappa shape index (κ1) is 19.7. The predicted octanol–water partition coefficient (Wildman–Crippen LogP) is 2.03. The quantitative estimate of drug-likeness (QED) is 0.713. The van der Waals surface area contributed by atoms with Gasteiger partial charge in [0.05, 0.1) is 23.6 Å². The van der Waals surface area contributed by atoms with E-state index in [-0.39, 0.29) is 17.5 Å². The summed E-state index contributed by atoms with van der Waals surface area (Å²) >= 11 is 6.23. The number of hydrogen-bond donors (Lipinski definition) is 0. The van der Waals surface area contributed by atoms with Crippen molar-refractivity contribution < 1.29 is 4.79 Å². The fourth-order valence-corrected chi connectivity index (χ4v) is 4.12. The van der Waals surface area contributed by atoms with Crippen molar-refractivity contribution in [3.05, 3.63) is 45.1 Å². The number of rotatable bonds is 4. The Morgan fingerprint density at radius 3 is 2.69 bits per heavy atom. The van der Waals surface area contributed by atoms with Crippen molar-refractivity contribution in [1.82, 2.24) is 24.5 Å². The largest absolute Gasteiger partial charge is 0.370 e. The maximum atomic E-state index is 12.7. The summed E-state index contributed by atoms with van der Waals surface area (Å²) < 4.78 is 3.11.